The Morgan fingerprint density at radius 2 is 1.81 bits per heavy atom. The molecule has 0 aliphatic carbocycles. The van der Waals surface area contributed by atoms with Crippen molar-refractivity contribution in [3.05, 3.63) is 42.6 Å². The number of pyridine rings is 1. The third-order valence-electron chi connectivity index (χ3n) is 3.09. The van der Waals surface area contributed by atoms with E-state index in [-0.39, 0.29) is 4.90 Å². The first-order valence-electron chi connectivity index (χ1n) is 6.26. The van der Waals surface area contributed by atoms with E-state index in [2.05, 4.69) is 10.3 Å². The molecular weight excluding hydrogens is 290 g/mol. The maximum Gasteiger partial charge on any atom is 0.265 e. The molecule has 0 fully saturated rings. The lowest BCUT2D eigenvalue weighted by atomic mass is 10.3. The lowest BCUT2D eigenvalue weighted by molar-refractivity contribution is 0.415. The first-order valence-corrected chi connectivity index (χ1v) is 7.70. The molecule has 0 amide bonds. The van der Waals surface area contributed by atoms with E-state index in [1.165, 1.54) is 23.6 Å². The average Bonchev–Trinajstić information content (AvgIpc) is 2.54. The zero-order valence-corrected chi connectivity index (χ0v) is 12.9. The van der Waals surface area contributed by atoms with Gasteiger partial charge in [-0.25, -0.2) is 13.4 Å². The molecule has 0 spiro atoms. The molecule has 1 aromatic carbocycles. The van der Waals surface area contributed by atoms with Gasteiger partial charge in [0.05, 0.1) is 12.8 Å². The molecule has 1 heterocycles. The van der Waals surface area contributed by atoms with Crippen molar-refractivity contribution in [3.8, 4) is 5.75 Å². The number of sulfonamides is 1. The maximum absolute atomic E-state index is 12.5. The van der Waals surface area contributed by atoms with Crippen LogP contribution in [0.3, 0.4) is 0 Å². The summed E-state index contributed by atoms with van der Waals surface area (Å²) in [4.78, 5) is 4.17. The fourth-order valence-corrected chi connectivity index (χ4v) is 2.91. The summed E-state index contributed by atoms with van der Waals surface area (Å²) in [6.45, 7) is 0. The topological polar surface area (TPSA) is 71.5 Å². The molecule has 0 aliphatic rings. The molecule has 0 saturated heterocycles. The maximum atomic E-state index is 12.5. The van der Waals surface area contributed by atoms with Crippen molar-refractivity contribution in [2.45, 2.75) is 4.90 Å². The minimum absolute atomic E-state index is 0.139. The van der Waals surface area contributed by atoms with Gasteiger partial charge in [-0.05, 0) is 36.4 Å². The van der Waals surface area contributed by atoms with Crippen LogP contribution in [0.25, 0.3) is 0 Å². The molecule has 0 atom stereocenters. The van der Waals surface area contributed by atoms with Crippen LogP contribution < -0.4 is 14.4 Å². The summed E-state index contributed by atoms with van der Waals surface area (Å²) in [6, 6.07) is 9.94. The predicted molar refractivity (Wildman–Crippen MR) is 82.4 cm³/mol. The molecule has 2 rings (SSSR count). The Bertz CT molecular complexity index is 697. The van der Waals surface area contributed by atoms with Crippen molar-refractivity contribution in [2.75, 3.05) is 30.8 Å². The van der Waals surface area contributed by atoms with E-state index in [0.29, 0.717) is 17.3 Å². The molecule has 112 valence electrons. The van der Waals surface area contributed by atoms with Crippen LogP contribution in [0.2, 0.25) is 0 Å². The van der Waals surface area contributed by atoms with E-state index in [1.807, 2.05) is 0 Å². The van der Waals surface area contributed by atoms with Crippen molar-refractivity contribution in [1.82, 2.24) is 4.98 Å². The number of hydrogen-bond acceptors (Lipinski definition) is 5. The molecule has 0 bridgehead atoms. The van der Waals surface area contributed by atoms with Gasteiger partial charge in [0, 0.05) is 20.3 Å². The summed E-state index contributed by atoms with van der Waals surface area (Å²) in [5, 5.41) is 2.85. The average molecular weight is 307 g/mol. The van der Waals surface area contributed by atoms with Crippen molar-refractivity contribution in [2.24, 2.45) is 0 Å². The standard InChI is InChI=1S/C14H17N3O3S/c1-15-14-9-8-13(10-16-14)21(18,19)17(2)11-4-6-12(20-3)7-5-11/h4-10H,1-3H3,(H,15,16). The van der Waals surface area contributed by atoms with Gasteiger partial charge in [-0.2, -0.15) is 0 Å². The Morgan fingerprint density at radius 1 is 1.14 bits per heavy atom. The van der Waals surface area contributed by atoms with E-state index in [1.54, 1.807) is 44.5 Å². The Morgan fingerprint density at radius 3 is 2.29 bits per heavy atom. The fourth-order valence-electron chi connectivity index (χ4n) is 1.77. The third kappa shape index (κ3) is 3.08. The van der Waals surface area contributed by atoms with Crippen LogP contribution in [-0.2, 0) is 10.0 Å². The van der Waals surface area contributed by atoms with Crippen LogP contribution in [0, 0.1) is 0 Å². The van der Waals surface area contributed by atoms with Crippen molar-refractivity contribution in [1.29, 1.82) is 0 Å². The number of aromatic nitrogens is 1. The number of ether oxygens (including phenoxy) is 1. The molecular formula is C14H17N3O3S. The first-order chi connectivity index (χ1) is 9.98. The lowest BCUT2D eigenvalue weighted by Crippen LogP contribution is -2.26. The van der Waals surface area contributed by atoms with Gasteiger partial charge < -0.3 is 10.1 Å². The molecule has 21 heavy (non-hydrogen) atoms. The van der Waals surface area contributed by atoms with Crippen LogP contribution in [0.4, 0.5) is 11.5 Å². The minimum atomic E-state index is -3.63. The van der Waals surface area contributed by atoms with E-state index in [0.717, 1.165) is 0 Å². The molecule has 0 radical (unpaired) electrons. The Hall–Kier alpha value is -2.28. The van der Waals surface area contributed by atoms with E-state index in [9.17, 15) is 8.42 Å². The highest BCUT2D eigenvalue weighted by Gasteiger charge is 2.21. The fraction of sp³-hybridized carbons (Fsp3) is 0.214. The third-order valence-corrected chi connectivity index (χ3v) is 4.86. The summed E-state index contributed by atoms with van der Waals surface area (Å²) >= 11 is 0. The Labute approximate surface area is 124 Å². The molecule has 6 nitrogen and oxygen atoms in total. The molecule has 7 heteroatoms. The SMILES string of the molecule is CNc1ccc(S(=O)(=O)N(C)c2ccc(OC)cc2)cn1. The second-order valence-corrected chi connectivity index (χ2v) is 6.27. The largest absolute Gasteiger partial charge is 0.497 e. The van der Waals surface area contributed by atoms with Crippen LogP contribution in [0.5, 0.6) is 5.75 Å². The summed E-state index contributed by atoms with van der Waals surface area (Å²) < 4.78 is 31.3. The normalized spacial score (nSPS) is 11.0. The zero-order chi connectivity index (χ0) is 15.5. The van der Waals surface area contributed by atoms with E-state index < -0.39 is 10.0 Å². The quantitative estimate of drug-likeness (QED) is 0.914. The van der Waals surface area contributed by atoms with Gasteiger partial charge in [0.2, 0.25) is 0 Å². The second kappa shape index (κ2) is 6.01. The highest BCUT2D eigenvalue weighted by atomic mass is 32.2. The number of anilines is 2. The van der Waals surface area contributed by atoms with Gasteiger partial charge >= 0.3 is 0 Å². The zero-order valence-electron chi connectivity index (χ0n) is 12.1. The smallest absolute Gasteiger partial charge is 0.265 e. The summed E-state index contributed by atoms with van der Waals surface area (Å²) in [7, 11) is 1.15. The van der Waals surface area contributed by atoms with Gasteiger partial charge in [0.15, 0.2) is 0 Å². The minimum Gasteiger partial charge on any atom is -0.497 e. The van der Waals surface area contributed by atoms with Gasteiger partial charge in [0.25, 0.3) is 10.0 Å². The predicted octanol–water partition coefficient (Wildman–Crippen LogP) is 1.96. The Kier molecular flexibility index (Phi) is 4.32. The number of nitrogens with one attached hydrogen (secondary N) is 1. The van der Waals surface area contributed by atoms with Gasteiger partial charge in [-0.1, -0.05) is 0 Å². The van der Waals surface area contributed by atoms with Gasteiger partial charge in [-0.15, -0.1) is 0 Å². The molecule has 1 aromatic heterocycles. The van der Waals surface area contributed by atoms with E-state index in [4.69, 9.17) is 4.74 Å². The van der Waals surface area contributed by atoms with E-state index >= 15 is 0 Å². The molecule has 0 unspecified atom stereocenters. The number of methoxy groups -OCH3 is 1. The van der Waals surface area contributed by atoms with Gasteiger partial charge in [0.1, 0.15) is 16.5 Å². The van der Waals surface area contributed by atoms with Crippen molar-refractivity contribution in [3.63, 3.8) is 0 Å². The second-order valence-electron chi connectivity index (χ2n) is 4.30. The molecule has 0 aliphatic heterocycles. The summed E-state index contributed by atoms with van der Waals surface area (Å²) in [5.74, 6) is 1.28. The number of nitrogens with zero attached hydrogens (tertiary/aromatic N) is 2. The number of hydrogen-bond donors (Lipinski definition) is 1. The van der Waals surface area contributed by atoms with Crippen LogP contribution in [-0.4, -0.2) is 34.6 Å². The number of rotatable bonds is 5. The molecule has 2 aromatic rings. The highest BCUT2D eigenvalue weighted by molar-refractivity contribution is 7.92. The van der Waals surface area contributed by atoms with Crippen molar-refractivity contribution >= 4 is 21.5 Å². The lowest BCUT2D eigenvalue weighted by Gasteiger charge is -2.19. The highest BCUT2D eigenvalue weighted by Crippen LogP contribution is 2.24. The molecule has 0 saturated carbocycles. The Balaban J connectivity index is 2.32. The summed E-state index contributed by atoms with van der Waals surface area (Å²) in [5.41, 5.74) is 0.550. The monoisotopic (exact) mass is 307 g/mol. The van der Waals surface area contributed by atoms with Crippen LogP contribution >= 0.6 is 0 Å². The van der Waals surface area contributed by atoms with Crippen LogP contribution in [0.1, 0.15) is 0 Å². The first kappa shape index (κ1) is 15.1. The summed E-state index contributed by atoms with van der Waals surface area (Å²) in [6.07, 6.45) is 1.33. The molecule has 1 N–H and O–H groups in total. The van der Waals surface area contributed by atoms with Gasteiger partial charge in [-0.3, -0.25) is 4.31 Å². The van der Waals surface area contributed by atoms with Crippen LogP contribution in [0.15, 0.2) is 47.5 Å². The van der Waals surface area contributed by atoms with Crippen molar-refractivity contribution < 1.29 is 13.2 Å². The number of benzene rings is 1.